The van der Waals surface area contributed by atoms with E-state index in [0.29, 0.717) is 33.4 Å². The van der Waals surface area contributed by atoms with E-state index < -0.39 is 11.1 Å². The van der Waals surface area contributed by atoms with Gasteiger partial charge in [0.2, 0.25) is 0 Å². The summed E-state index contributed by atoms with van der Waals surface area (Å²) >= 11 is -0.778. The van der Waals surface area contributed by atoms with E-state index >= 15 is 0 Å². The second kappa shape index (κ2) is 8.50. The zero-order valence-corrected chi connectivity index (χ0v) is 19.0. The molecule has 7 heteroatoms. The van der Waals surface area contributed by atoms with Crippen LogP contribution in [0.4, 0.5) is 4.39 Å². The van der Waals surface area contributed by atoms with E-state index in [-0.39, 0.29) is 11.2 Å². The lowest BCUT2D eigenvalue weighted by atomic mass is 9.95. The van der Waals surface area contributed by atoms with Crippen LogP contribution in [0.1, 0.15) is 50.9 Å². The number of imidazole rings is 1. The van der Waals surface area contributed by atoms with E-state index in [2.05, 4.69) is 39.6 Å². The van der Waals surface area contributed by atoms with Crippen molar-refractivity contribution in [1.82, 2.24) is 9.55 Å². The molecule has 0 saturated carbocycles. The second-order valence-corrected chi connectivity index (χ2v) is 11.0. The van der Waals surface area contributed by atoms with Gasteiger partial charge < -0.3 is 9.12 Å². The summed E-state index contributed by atoms with van der Waals surface area (Å²) in [6, 6.07) is 6.95. The lowest BCUT2D eigenvalue weighted by Crippen LogP contribution is -2.19. The molecule has 1 unspecified atom stereocenters. The first-order valence-electron chi connectivity index (χ1n) is 9.60. The molecule has 0 saturated heterocycles. The molecule has 0 amide bonds. The fourth-order valence-corrected chi connectivity index (χ4v) is 5.45. The van der Waals surface area contributed by atoms with Crippen LogP contribution >= 0.6 is 11.3 Å². The van der Waals surface area contributed by atoms with Gasteiger partial charge in [0.15, 0.2) is 11.1 Å². The van der Waals surface area contributed by atoms with Crippen molar-refractivity contribution in [2.45, 2.75) is 57.2 Å². The van der Waals surface area contributed by atoms with Gasteiger partial charge in [-0.15, -0.1) is 11.3 Å². The van der Waals surface area contributed by atoms with Crippen LogP contribution < -0.4 is 0 Å². The molecule has 1 aromatic carbocycles. The van der Waals surface area contributed by atoms with Crippen molar-refractivity contribution in [3.8, 4) is 11.1 Å². The SMILES string of the molecule is CC(C)Cc1cc(-c2ccc(Cn3ccnc3C(C)(C)C)c(F)c2)c(S(=O)O)s1. The van der Waals surface area contributed by atoms with Gasteiger partial charge in [-0.3, -0.25) is 0 Å². The van der Waals surface area contributed by atoms with Crippen molar-refractivity contribution < 1.29 is 13.2 Å². The molecule has 0 aliphatic carbocycles. The zero-order chi connectivity index (χ0) is 21.3. The average Bonchev–Trinajstić information content (AvgIpc) is 3.22. The minimum Gasteiger partial charge on any atom is -0.330 e. The monoisotopic (exact) mass is 434 g/mol. The third-order valence-corrected chi connectivity index (χ3v) is 6.77. The molecule has 3 aromatic rings. The van der Waals surface area contributed by atoms with Crippen molar-refractivity contribution >= 4 is 22.4 Å². The Morgan fingerprint density at radius 3 is 2.59 bits per heavy atom. The van der Waals surface area contributed by atoms with Gasteiger partial charge in [0.1, 0.15) is 15.9 Å². The molecule has 0 radical (unpaired) electrons. The molecule has 0 bridgehead atoms. The maximum atomic E-state index is 14.9. The first-order chi connectivity index (χ1) is 13.6. The molecule has 3 rings (SSSR count). The fraction of sp³-hybridized carbons (Fsp3) is 0.409. The Kier molecular flexibility index (Phi) is 6.41. The number of hydrogen-bond donors (Lipinski definition) is 1. The summed E-state index contributed by atoms with van der Waals surface area (Å²) in [6.07, 6.45) is 4.42. The van der Waals surface area contributed by atoms with E-state index in [1.165, 1.54) is 17.4 Å². The van der Waals surface area contributed by atoms with E-state index in [9.17, 15) is 13.2 Å². The highest BCUT2D eigenvalue weighted by atomic mass is 32.2. The first-order valence-corrected chi connectivity index (χ1v) is 11.5. The average molecular weight is 435 g/mol. The summed E-state index contributed by atoms with van der Waals surface area (Å²) in [5.74, 6) is 1.00. The molecule has 4 nitrogen and oxygen atoms in total. The molecule has 1 N–H and O–H groups in total. The summed E-state index contributed by atoms with van der Waals surface area (Å²) in [5.41, 5.74) is 1.68. The van der Waals surface area contributed by atoms with Crippen molar-refractivity contribution in [3.63, 3.8) is 0 Å². The van der Waals surface area contributed by atoms with Crippen LogP contribution in [-0.2, 0) is 29.5 Å². The van der Waals surface area contributed by atoms with Gasteiger partial charge in [-0.25, -0.2) is 13.6 Å². The van der Waals surface area contributed by atoms with E-state index in [1.54, 1.807) is 12.3 Å². The number of thiophene rings is 1. The number of hydrogen-bond acceptors (Lipinski definition) is 3. The lowest BCUT2D eigenvalue weighted by Gasteiger charge is -2.20. The van der Waals surface area contributed by atoms with Crippen molar-refractivity contribution in [2.24, 2.45) is 5.92 Å². The standard InChI is InChI=1S/C22H27FN2O2S2/c1-14(2)10-17-12-18(20(28-17)29(26)27)15-6-7-16(19(23)11-15)13-25-9-8-24-21(25)22(3,4)5/h6-9,11-12,14H,10,13H2,1-5H3,(H,26,27). The highest BCUT2D eigenvalue weighted by Gasteiger charge is 2.21. The van der Waals surface area contributed by atoms with Crippen LogP contribution in [0.3, 0.4) is 0 Å². The molecular formula is C22H27FN2O2S2. The van der Waals surface area contributed by atoms with Crippen LogP contribution in [-0.4, -0.2) is 18.3 Å². The van der Waals surface area contributed by atoms with Gasteiger partial charge >= 0.3 is 0 Å². The fourth-order valence-electron chi connectivity index (χ4n) is 3.37. The molecule has 0 aliphatic rings. The highest BCUT2D eigenvalue weighted by molar-refractivity contribution is 7.82. The molecule has 156 valence electrons. The summed E-state index contributed by atoms with van der Waals surface area (Å²) in [4.78, 5) is 5.45. The number of aromatic nitrogens is 2. The molecule has 2 heterocycles. The Balaban J connectivity index is 1.94. The molecule has 29 heavy (non-hydrogen) atoms. The van der Waals surface area contributed by atoms with E-state index in [4.69, 9.17) is 0 Å². The van der Waals surface area contributed by atoms with Gasteiger partial charge in [-0.05, 0) is 30.0 Å². The minimum absolute atomic E-state index is 0.135. The minimum atomic E-state index is -2.10. The molecule has 0 fully saturated rings. The summed E-state index contributed by atoms with van der Waals surface area (Å²) < 4.78 is 38.8. The second-order valence-electron chi connectivity index (χ2n) is 8.70. The smallest absolute Gasteiger partial charge is 0.197 e. The summed E-state index contributed by atoms with van der Waals surface area (Å²) in [5, 5.41) is 0. The highest BCUT2D eigenvalue weighted by Crippen LogP contribution is 2.36. The number of halogens is 1. The predicted molar refractivity (Wildman–Crippen MR) is 117 cm³/mol. The number of rotatable bonds is 6. The molecule has 0 spiro atoms. The third kappa shape index (κ3) is 5.02. The van der Waals surface area contributed by atoms with E-state index in [0.717, 1.165) is 17.1 Å². The Bertz CT molecular complexity index is 1030. The zero-order valence-electron chi connectivity index (χ0n) is 17.4. The van der Waals surface area contributed by atoms with Crippen molar-refractivity contribution in [3.05, 3.63) is 58.7 Å². The van der Waals surface area contributed by atoms with Crippen LogP contribution in [0.25, 0.3) is 11.1 Å². The topological polar surface area (TPSA) is 55.1 Å². The van der Waals surface area contributed by atoms with Crippen LogP contribution in [0.5, 0.6) is 0 Å². The van der Waals surface area contributed by atoms with Crippen molar-refractivity contribution in [2.75, 3.05) is 0 Å². The van der Waals surface area contributed by atoms with Gasteiger partial charge in [-0.1, -0.05) is 46.8 Å². The predicted octanol–water partition coefficient (Wildman–Crippen LogP) is 5.88. The van der Waals surface area contributed by atoms with Gasteiger partial charge in [0, 0.05) is 33.8 Å². The van der Waals surface area contributed by atoms with Crippen LogP contribution in [0.15, 0.2) is 40.9 Å². The Labute approximate surface area is 178 Å². The Morgan fingerprint density at radius 1 is 1.28 bits per heavy atom. The molecule has 0 aliphatic heterocycles. The Morgan fingerprint density at radius 2 is 2.00 bits per heavy atom. The van der Waals surface area contributed by atoms with E-state index in [1.807, 2.05) is 22.9 Å². The maximum Gasteiger partial charge on any atom is 0.197 e. The maximum absolute atomic E-state index is 14.9. The number of benzene rings is 1. The van der Waals surface area contributed by atoms with Crippen LogP contribution in [0.2, 0.25) is 0 Å². The van der Waals surface area contributed by atoms with Crippen LogP contribution in [0, 0.1) is 11.7 Å². The van der Waals surface area contributed by atoms with Gasteiger partial charge in [0.25, 0.3) is 0 Å². The molecule has 1 atom stereocenters. The lowest BCUT2D eigenvalue weighted by molar-refractivity contribution is 0.505. The summed E-state index contributed by atoms with van der Waals surface area (Å²) in [7, 11) is 0. The van der Waals surface area contributed by atoms with Gasteiger partial charge in [-0.2, -0.15) is 0 Å². The third-order valence-electron chi connectivity index (χ3n) is 4.61. The molecular weight excluding hydrogens is 407 g/mol. The molecule has 2 aromatic heterocycles. The quantitative estimate of drug-likeness (QED) is 0.493. The Hall–Kier alpha value is -1.83. The first kappa shape index (κ1) is 21.9. The van der Waals surface area contributed by atoms with Crippen molar-refractivity contribution in [1.29, 1.82) is 0 Å². The largest absolute Gasteiger partial charge is 0.330 e. The normalized spacial score (nSPS) is 13.2. The number of nitrogens with zero attached hydrogens (tertiary/aromatic N) is 2. The summed E-state index contributed by atoms with van der Waals surface area (Å²) in [6.45, 7) is 10.8. The van der Waals surface area contributed by atoms with Gasteiger partial charge in [0.05, 0.1) is 6.54 Å².